The molecule has 3 atom stereocenters. The summed E-state index contributed by atoms with van der Waals surface area (Å²) in [7, 11) is 3.24. The van der Waals surface area contributed by atoms with E-state index < -0.39 is 6.04 Å². The highest BCUT2D eigenvalue weighted by atomic mass is 16.5. The third-order valence-electron chi connectivity index (χ3n) is 2.52. The molecule has 0 unspecified atom stereocenters. The standard InChI is InChI=1S/C9H18N2O3/c1-6(10)9(12)11-4-7(13-2)8(5-11)14-3/h6-8H,4-5,10H2,1-3H3/t6-,7-,8+/m1/s1. The van der Waals surface area contributed by atoms with Crippen LogP contribution in [-0.2, 0) is 14.3 Å². The van der Waals surface area contributed by atoms with Crippen LogP contribution in [0.25, 0.3) is 0 Å². The highest BCUT2D eigenvalue weighted by Crippen LogP contribution is 2.16. The predicted molar refractivity (Wildman–Crippen MR) is 51.8 cm³/mol. The lowest BCUT2D eigenvalue weighted by molar-refractivity contribution is -0.131. The fraction of sp³-hybridized carbons (Fsp3) is 0.889. The van der Waals surface area contributed by atoms with Gasteiger partial charge in [0.25, 0.3) is 0 Å². The number of carbonyl (C=O) groups is 1. The fourth-order valence-corrected chi connectivity index (χ4v) is 1.66. The van der Waals surface area contributed by atoms with E-state index in [1.54, 1.807) is 26.0 Å². The third kappa shape index (κ3) is 2.23. The van der Waals surface area contributed by atoms with Crippen LogP contribution in [0.1, 0.15) is 6.92 Å². The van der Waals surface area contributed by atoms with Crippen molar-refractivity contribution in [1.82, 2.24) is 4.90 Å². The Labute approximate surface area is 84.1 Å². The number of likely N-dealkylation sites (tertiary alicyclic amines) is 1. The number of ether oxygens (including phenoxy) is 2. The van der Waals surface area contributed by atoms with E-state index >= 15 is 0 Å². The normalized spacial score (nSPS) is 29.3. The van der Waals surface area contributed by atoms with Gasteiger partial charge in [0.1, 0.15) is 12.2 Å². The van der Waals surface area contributed by atoms with E-state index in [9.17, 15) is 4.79 Å². The number of methoxy groups -OCH3 is 2. The molecule has 0 aromatic carbocycles. The minimum absolute atomic E-state index is 0.0392. The Morgan fingerprint density at radius 1 is 1.36 bits per heavy atom. The van der Waals surface area contributed by atoms with Gasteiger partial charge in [0, 0.05) is 27.3 Å². The summed E-state index contributed by atoms with van der Waals surface area (Å²) < 4.78 is 10.4. The van der Waals surface area contributed by atoms with Crippen LogP contribution in [0.4, 0.5) is 0 Å². The number of rotatable bonds is 3. The maximum Gasteiger partial charge on any atom is 0.239 e. The SMILES string of the molecule is CO[C@H]1CN(C(=O)[C@@H](C)N)C[C@H]1OC. The van der Waals surface area contributed by atoms with Crippen LogP contribution >= 0.6 is 0 Å². The van der Waals surface area contributed by atoms with Crippen molar-refractivity contribution in [2.45, 2.75) is 25.2 Å². The molecule has 0 bridgehead atoms. The lowest BCUT2D eigenvalue weighted by Crippen LogP contribution is -2.41. The summed E-state index contributed by atoms with van der Waals surface area (Å²) in [6, 6.07) is -0.455. The van der Waals surface area contributed by atoms with Gasteiger partial charge >= 0.3 is 0 Å². The molecule has 5 nitrogen and oxygen atoms in total. The average Bonchev–Trinajstić information content (AvgIpc) is 2.59. The van der Waals surface area contributed by atoms with Gasteiger partial charge in [-0.3, -0.25) is 4.79 Å². The summed E-state index contributed by atoms with van der Waals surface area (Å²) in [5.41, 5.74) is 5.52. The minimum Gasteiger partial charge on any atom is -0.377 e. The molecule has 0 spiro atoms. The number of nitrogens with zero attached hydrogens (tertiary/aromatic N) is 1. The molecule has 0 saturated carbocycles. The number of carbonyl (C=O) groups excluding carboxylic acids is 1. The van der Waals surface area contributed by atoms with Gasteiger partial charge in [-0.15, -0.1) is 0 Å². The van der Waals surface area contributed by atoms with Crippen molar-refractivity contribution in [3.8, 4) is 0 Å². The van der Waals surface area contributed by atoms with Gasteiger partial charge in [-0.25, -0.2) is 0 Å². The van der Waals surface area contributed by atoms with Gasteiger partial charge in [-0.1, -0.05) is 0 Å². The zero-order chi connectivity index (χ0) is 10.7. The van der Waals surface area contributed by atoms with Crippen molar-refractivity contribution < 1.29 is 14.3 Å². The molecule has 1 fully saturated rings. The first-order valence-corrected chi connectivity index (χ1v) is 4.70. The summed E-state index contributed by atoms with van der Waals surface area (Å²) >= 11 is 0. The van der Waals surface area contributed by atoms with Gasteiger partial charge in [0.05, 0.1) is 6.04 Å². The molecule has 0 aromatic heterocycles. The molecule has 0 aromatic rings. The first-order valence-electron chi connectivity index (χ1n) is 4.70. The molecule has 1 rings (SSSR count). The highest BCUT2D eigenvalue weighted by molar-refractivity contribution is 5.81. The van der Waals surface area contributed by atoms with Crippen LogP contribution in [0, 0.1) is 0 Å². The Morgan fingerprint density at radius 3 is 2.07 bits per heavy atom. The van der Waals surface area contributed by atoms with Gasteiger partial charge < -0.3 is 20.1 Å². The van der Waals surface area contributed by atoms with Gasteiger partial charge in [0.2, 0.25) is 5.91 Å². The smallest absolute Gasteiger partial charge is 0.239 e. The monoisotopic (exact) mass is 202 g/mol. The summed E-state index contributed by atoms with van der Waals surface area (Å²) in [5.74, 6) is -0.0494. The second kappa shape index (κ2) is 4.72. The second-order valence-corrected chi connectivity index (χ2v) is 3.58. The predicted octanol–water partition coefficient (Wildman–Crippen LogP) is -0.794. The number of nitrogens with two attached hydrogens (primary N) is 1. The minimum atomic E-state index is -0.455. The zero-order valence-electron chi connectivity index (χ0n) is 8.90. The molecule has 2 N–H and O–H groups in total. The summed E-state index contributed by atoms with van der Waals surface area (Å²) in [4.78, 5) is 13.2. The summed E-state index contributed by atoms with van der Waals surface area (Å²) in [6.45, 7) is 2.81. The first-order chi connectivity index (χ1) is 6.60. The first kappa shape index (κ1) is 11.4. The van der Waals surface area contributed by atoms with E-state index in [1.165, 1.54) is 0 Å². The Kier molecular flexibility index (Phi) is 3.86. The molecule has 0 aliphatic carbocycles. The van der Waals surface area contributed by atoms with Crippen molar-refractivity contribution in [2.75, 3.05) is 27.3 Å². The van der Waals surface area contributed by atoms with E-state index in [2.05, 4.69) is 0 Å². The Hall–Kier alpha value is -0.650. The van der Waals surface area contributed by atoms with Crippen molar-refractivity contribution in [3.63, 3.8) is 0 Å². The van der Waals surface area contributed by atoms with Crippen LogP contribution in [-0.4, -0.2) is 56.4 Å². The van der Waals surface area contributed by atoms with Crippen LogP contribution < -0.4 is 5.73 Å². The quantitative estimate of drug-likeness (QED) is 0.651. The molecule has 1 aliphatic heterocycles. The largest absolute Gasteiger partial charge is 0.377 e. The Balaban J connectivity index is 2.57. The summed E-state index contributed by atoms with van der Waals surface area (Å²) in [6.07, 6.45) is -0.0783. The zero-order valence-corrected chi connectivity index (χ0v) is 8.90. The lowest BCUT2D eigenvalue weighted by Gasteiger charge is -2.17. The molecule has 5 heteroatoms. The highest BCUT2D eigenvalue weighted by Gasteiger charge is 2.36. The maximum absolute atomic E-state index is 11.6. The van der Waals surface area contributed by atoms with E-state index in [0.29, 0.717) is 13.1 Å². The molecule has 1 amide bonds. The Morgan fingerprint density at radius 2 is 1.79 bits per heavy atom. The average molecular weight is 202 g/mol. The maximum atomic E-state index is 11.6. The topological polar surface area (TPSA) is 64.8 Å². The van der Waals surface area contributed by atoms with Gasteiger partial charge in [0.15, 0.2) is 0 Å². The van der Waals surface area contributed by atoms with Gasteiger partial charge in [-0.2, -0.15) is 0 Å². The van der Waals surface area contributed by atoms with E-state index in [4.69, 9.17) is 15.2 Å². The van der Waals surface area contributed by atoms with E-state index in [-0.39, 0.29) is 18.1 Å². The van der Waals surface area contributed by atoms with Crippen molar-refractivity contribution in [2.24, 2.45) is 5.73 Å². The second-order valence-electron chi connectivity index (χ2n) is 3.58. The van der Waals surface area contributed by atoms with Crippen molar-refractivity contribution in [3.05, 3.63) is 0 Å². The lowest BCUT2D eigenvalue weighted by atomic mass is 10.3. The van der Waals surface area contributed by atoms with Crippen molar-refractivity contribution in [1.29, 1.82) is 0 Å². The van der Waals surface area contributed by atoms with Crippen LogP contribution in [0.15, 0.2) is 0 Å². The van der Waals surface area contributed by atoms with Crippen molar-refractivity contribution >= 4 is 5.91 Å². The summed E-state index contributed by atoms with van der Waals surface area (Å²) in [5, 5.41) is 0. The molecule has 1 heterocycles. The molecular weight excluding hydrogens is 184 g/mol. The fourth-order valence-electron chi connectivity index (χ4n) is 1.66. The van der Waals surface area contributed by atoms with Gasteiger partial charge in [-0.05, 0) is 6.92 Å². The molecule has 14 heavy (non-hydrogen) atoms. The molecule has 1 saturated heterocycles. The number of amides is 1. The molecule has 1 aliphatic rings. The van der Waals surface area contributed by atoms with Crippen LogP contribution in [0.2, 0.25) is 0 Å². The molecule has 82 valence electrons. The van der Waals surface area contributed by atoms with E-state index in [1.807, 2.05) is 0 Å². The Bertz CT molecular complexity index is 196. The molecule has 0 radical (unpaired) electrons. The third-order valence-corrected chi connectivity index (χ3v) is 2.52. The molecular formula is C9H18N2O3. The van der Waals surface area contributed by atoms with Crippen LogP contribution in [0.3, 0.4) is 0 Å². The van der Waals surface area contributed by atoms with E-state index in [0.717, 1.165) is 0 Å². The van der Waals surface area contributed by atoms with Crippen LogP contribution in [0.5, 0.6) is 0 Å². The number of hydrogen-bond acceptors (Lipinski definition) is 4. The number of hydrogen-bond donors (Lipinski definition) is 1.